The van der Waals surface area contributed by atoms with Crippen LogP contribution in [0.15, 0.2) is 24.3 Å². The quantitative estimate of drug-likeness (QED) is 0.501. The molecule has 138 valence electrons. The van der Waals surface area contributed by atoms with Gasteiger partial charge in [0.05, 0.1) is 5.69 Å². The molecule has 0 unspecified atom stereocenters. The number of benzene rings is 1. The summed E-state index contributed by atoms with van der Waals surface area (Å²) < 4.78 is 13.7. The molecule has 1 aliphatic heterocycles. The van der Waals surface area contributed by atoms with Crippen LogP contribution in [0.1, 0.15) is 20.8 Å². The van der Waals surface area contributed by atoms with E-state index in [4.69, 9.17) is 0 Å². The Morgan fingerprint density at radius 1 is 1.12 bits per heavy atom. The topological polar surface area (TPSA) is 67.1 Å². The van der Waals surface area contributed by atoms with Crippen LogP contribution >= 0.6 is 0 Å². The lowest BCUT2D eigenvalue weighted by Crippen LogP contribution is -3.30. The summed E-state index contributed by atoms with van der Waals surface area (Å²) in [5.74, 6) is -0.539. The number of nitrogens with one attached hydrogen (secondary N) is 4. The number of para-hydroxylation sites is 1. The third-order valence-electron chi connectivity index (χ3n) is 4.60. The number of hydrogen-bond acceptors (Lipinski definition) is 2. The highest BCUT2D eigenvalue weighted by Crippen LogP contribution is 2.12. The number of carbonyl (C=O) groups is 2. The monoisotopic (exact) mass is 352 g/mol. The highest BCUT2D eigenvalue weighted by molar-refractivity contribution is 5.93. The van der Waals surface area contributed by atoms with Crippen LogP contribution in [0.4, 0.5) is 10.1 Å². The van der Waals surface area contributed by atoms with E-state index in [1.165, 1.54) is 15.9 Å². The van der Waals surface area contributed by atoms with Gasteiger partial charge in [-0.15, -0.1) is 0 Å². The van der Waals surface area contributed by atoms with Gasteiger partial charge in [-0.3, -0.25) is 9.59 Å². The first-order chi connectivity index (χ1) is 11.9. The summed E-state index contributed by atoms with van der Waals surface area (Å²) in [5, 5.41) is 5.58. The minimum absolute atomic E-state index is 0.0683. The summed E-state index contributed by atoms with van der Waals surface area (Å²) in [6.45, 7) is 9.56. The van der Waals surface area contributed by atoms with E-state index in [0.717, 1.165) is 26.2 Å². The molecule has 2 amide bonds. The van der Waals surface area contributed by atoms with Gasteiger partial charge in [-0.2, -0.15) is 0 Å². The molecule has 0 spiro atoms. The molecule has 1 saturated heterocycles. The van der Waals surface area contributed by atoms with Gasteiger partial charge in [0.2, 0.25) is 0 Å². The molecule has 0 aromatic heterocycles. The summed E-state index contributed by atoms with van der Waals surface area (Å²) in [5.41, 5.74) is 0.216. The van der Waals surface area contributed by atoms with Crippen molar-refractivity contribution in [2.45, 2.75) is 32.9 Å². The lowest BCUT2D eigenvalue weighted by Gasteiger charge is -2.32. The van der Waals surface area contributed by atoms with Crippen LogP contribution in [-0.4, -0.2) is 56.6 Å². The first-order valence-electron chi connectivity index (χ1n) is 8.89. The number of carbonyl (C=O) groups excluding carboxylic acids is 2. The van der Waals surface area contributed by atoms with Gasteiger partial charge in [0.15, 0.2) is 12.6 Å². The highest BCUT2D eigenvalue weighted by atomic mass is 19.1. The van der Waals surface area contributed by atoms with Crippen LogP contribution in [0.25, 0.3) is 0 Å². The lowest BCUT2D eigenvalue weighted by atomic mass is 10.2. The van der Waals surface area contributed by atoms with Crippen molar-refractivity contribution in [1.82, 2.24) is 5.32 Å². The Morgan fingerprint density at radius 3 is 2.36 bits per heavy atom. The molecule has 4 N–H and O–H groups in total. The fourth-order valence-corrected chi connectivity index (χ4v) is 3.12. The standard InChI is InChI=1S/C18H27FN4O2/c1-13(2)20-17(24)12-22-8-10-23(11-9-22)14(3)18(25)21-16-7-5-4-6-15(16)19/h4-7,13-14H,8-12H2,1-3H3,(H,20,24)(H,21,25)/p+2/t14-/m1/s1. The fraction of sp³-hybridized carbons (Fsp3) is 0.556. The average molecular weight is 352 g/mol. The molecule has 2 rings (SSSR count). The highest BCUT2D eigenvalue weighted by Gasteiger charge is 2.32. The van der Waals surface area contributed by atoms with Crippen molar-refractivity contribution >= 4 is 17.5 Å². The van der Waals surface area contributed by atoms with Gasteiger partial charge < -0.3 is 20.4 Å². The molecule has 0 saturated carbocycles. The number of hydrogen-bond donors (Lipinski definition) is 4. The molecular formula is C18H29FN4O2+2. The second-order valence-electron chi connectivity index (χ2n) is 7.00. The first kappa shape index (κ1) is 19.3. The Bertz CT molecular complexity index is 600. The van der Waals surface area contributed by atoms with Gasteiger partial charge in [-0.1, -0.05) is 12.1 Å². The Kier molecular flexibility index (Phi) is 6.90. The average Bonchev–Trinajstić information content (AvgIpc) is 2.56. The van der Waals surface area contributed by atoms with Crippen molar-refractivity contribution in [3.63, 3.8) is 0 Å². The molecule has 7 heteroatoms. The summed E-state index contributed by atoms with van der Waals surface area (Å²) in [7, 11) is 0. The van der Waals surface area contributed by atoms with E-state index in [9.17, 15) is 14.0 Å². The lowest BCUT2D eigenvalue weighted by molar-refractivity contribution is -1.01. The molecule has 0 bridgehead atoms. The number of amides is 2. The maximum atomic E-state index is 13.7. The SMILES string of the molecule is CC(C)NC(=O)C[NH+]1CC[NH+]([C@H](C)C(=O)Nc2ccccc2F)CC1. The molecule has 25 heavy (non-hydrogen) atoms. The predicted octanol–water partition coefficient (Wildman–Crippen LogP) is -1.54. The van der Waals surface area contributed by atoms with E-state index in [1.54, 1.807) is 18.2 Å². The molecule has 6 nitrogen and oxygen atoms in total. The number of anilines is 1. The molecule has 1 aromatic carbocycles. The predicted molar refractivity (Wildman–Crippen MR) is 94.0 cm³/mol. The second-order valence-corrected chi connectivity index (χ2v) is 7.00. The molecule has 1 aliphatic rings. The van der Waals surface area contributed by atoms with Crippen LogP contribution in [0.2, 0.25) is 0 Å². The van der Waals surface area contributed by atoms with Crippen LogP contribution in [0.5, 0.6) is 0 Å². The summed E-state index contributed by atoms with van der Waals surface area (Å²) in [6, 6.07) is 6.08. The first-order valence-corrected chi connectivity index (χ1v) is 8.89. The number of halogens is 1. The summed E-state index contributed by atoms with van der Waals surface area (Å²) in [6.07, 6.45) is 0. The molecule has 0 radical (unpaired) electrons. The van der Waals surface area contributed by atoms with E-state index in [-0.39, 0.29) is 29.6 Å². The summed E-state index contributed by atoms with van der Waals surface area (Å²) >= 11 is 0. The van der Waals surface area contributed by atoms with Gasteiger partial charge in [-0.05, 0) is 32.9 Å². The van der Waals surface area contributed by atoms with Crippen molar-refractivity contribution in [3.8, 4) is 0 Å². The van der Waals surface area contributed by atoms with E-state index < -0.39 is 5.82 Å². The van der Waals surface area contributed by atoms with Gasteiger partial charge in [-0.25, -0.2) is 4.39 Å². The molecule has 1 atom stereocenters. The van der Waals surface area contributed by atoms with Crippen LogP contribution < -0.4 is 20.4 Å². The maximum Gasteiger partial charge on any atom is 0.282 e. The molecular weight excluding hydrogens is 323 g/mol. The Labute approximate surface area is 148 Å². The van der Waals surface area contributed by atoms with E-state index in [2.05, 4.69) is 10.6 Å². The van der Waals surface area contributed by atoms with Crippen LogP contribution in [0, 0.1) is 5.82 Å². The van der Waals surface area contributed by atoms with Crippen molar-refractivity contribution in [2.24, 2.45) is 0 Å². The number of rotatable bonds is 6. The smallest absolute Gasteiger partial charge is 0.282 e. The number of piperazine rings is 1. The van der Waals surface area contributed by atoms with E-state index in [1.807, 2.05) is 20.8 Å². The molecule has 1 fully saturated rings. The Morgan fingerprint density at radius 2 is 1.76 bits per heavy atom. The Balaban J connectivity index is 1.80. The van der Waals surface area contributed by atoms with Crippen LogP contribution in [-0.2, 0) is 9.59 Å². The van der Waals surface area contributed by atoms with Crippen molar-refractivity contribution in [1.29, 1.82) is 0 Å². The maximum absolute atomic E-state index is 13.7. The second kappa shape index (κ2) is 8.92. The van der Waals surface area contributed by atoms with E-state index in [0.29, 0.717) is 6.54 Å². The minimum atomic E-state index is -0.427. The normalized spacial score (nSPS) is 21.6. The third kappa shape index (κ3) is 5.79. The zero-order valence-corrected chi connectivity index (χ0v) is 15.2. The molecule has 0 aliphatic carbocycles. The van der Waals surface area contributed by atoms with Gasteiger partial charge in [0.1, 0.15) is 32.0 Å². The molecule has 1 aromatic rings. The van der Waals surface area contributed by atoms with E-state index >= 15 is 0 Å². The molecule has 1 heterocycles. The van der Waals surface area contributed by atoms with Crippen molar-refractivity contribution in [2.75, 3.05) is 38.0 Å². The van der Waals surface area contributed by atoms with Gasteiger partial charge in [0.25, 0.3) is 11.8 Å². The zero-order valence-electron chi connectivity index (χ0n) is 15.2. The minimum Gasteiger partial charge on any atom is -0.349 e. The number of quaternary nitrogens is 2. The van der Waals surface area contributed by atoms with Gasteiger partial charge in [0, 0.05) is 6.04 Å². The van der Waals surface area contributed by atoms with Gasteiger partial charge >= 0.3 is 0 Å². The van der Waals surface area contributed by atoms with Crippen LogP contribution in [0.3, 0.4) is 0 Å². The Hall–Kier alpha value is -1.99. The third-order valence-corrected chi connectivity index (χ3v) is 4.60. The van der Waals surface area contributed by atoms with Crippen molar-refractivity contribution < 1.29 is 23.8 Å². The fourth-order valence-electron chi connectivity index (χ4n) is 3.12. The summed E-state index contributed by atoms with van der Waals surface area (Å²) in [4.78, 5) is 26.6. The zero-order chi connectivity index (χ0) is 18.4. The largest absolute Gasteiger partial charge is 0.349 e. The van der Waals surface area contributed by atoms with Crippen molar-refractivity contribution in [3.05, 3.63) is 30.1 Å².